The van der Waals surface area contributed by atoms with Gasteiger partial charge in [-0.2, -0.15) is 0 Å². The molecule has 0 bridgehead atoms. The zero-order chi connectivity index (χ0) is 98.7. The lowest BCUT2D eigenvalue weighted by Crippen LogP contribution is -2.41. The lowest BCUT2D eigenvalue weighted by molar-refractivity contribution is -0.137. The maximum atomic E-state index is 14.5. The van der Waals surface area contributed by atoms with Crippen molar-refractivity contribution in [2.24, 2.45) is 51.9 Å². The van der Waals surface area contributed by atoms with Crippen molar-refractivity contribution in [1.29, 1.82) is 0 Å². The number of nitrogens with zero attached hydrogens (tertiary/aromatic N) is 8. The number of likely N-dealkylation sites (tertiary alicyclic amines) is 4. The first-order valence-electron chi connectivity index (χ1n) is 48.8. The smallest absolute Gasteiger partial charge is 0.225 e. The highest BCUT2D eigenvalue weighted by Crippen LogP contribution is 2.44. The molecule has 9 aromatic carbocycles. The Morgan fingerprint density at radius 2 is 0.655 bits per heavy atom. The number of aryl methyl sites for hydroxylation is 5. The molecule has 18 nitrogen and oxygen atoms in total. The molecule has 4 aromatic heterocycles. The van der Waals surface area contributed by atoms with Gasteiger partial charge in [-0.25, -0.2) is 55.6 Å². The maximum absolute atomic E-state index is 14.5. The Balaban J connectivity index is 0.000000134. The van der Waals surface area contributed by atoms with Gasteiger partial charge in [-0.1, -0.05) is 89.6 Å². The molecule has 2 aliphatic carbocycles. The molecule has 0 spiro atoms. The maximum Gasteiger partial charge on any atom is 0.225 e. The molecule has 4 saturated heterocycles. The van der Waals surface area contributed by atoms with Gasteiger partial charge in [0.25, 0.3) is 0 Å². The first-order chi connectivity index (χ1) is 66.3. The second-order valence-corrected chi connectivity index (χ2v) is 47.7. The van der Waals surface area contributed by atoms with Gasteiger partial charge in [-0.3, -0.25) is 9.59 Å². The van der Waals surface area contributed by atoms with Crippen LogP contribution in [0.15, 0.2) is 251 Å². The fraction of sp³-hybridized carbons (Fsp3) is 0.393. The second-order valence-electron chi connectivity index (χ2n) is 39.7. The van der Waals surface area contributed by atoms with Gasteiger partial charge in [0.15, 0.2) is 39.3 Å². The fourth-order valence-electron chi connectivity index (χ4n) is 21.2. The molecule has 0 N–H and O–H groups in total. The monoisotopic (exact) mass is 1970 g/mol. The van der Waals surface area contributed by atoms with Crippen LogP contribution in [0.2, 0.25) is 0 Å². The normalized spacial score (nSPS) is 16.7. The summed E-state index contributed by atoms with van der Waals surface area (Å²) in [6.07, 6.45) is 25.9. The number of carbonyl (C=O) groups excluding carboxylic acids is 2. The molecule has 13 aromatic rings. The summed E-state index contributed by atoms with van der Waals surface area (Å²) in [4.78, 5) is 34.4. The predicted octanol–water partition coefficient (Wildman–Crippen LogP) is 23.2. The van der Waals surface area contributed by atoms with Crippen LogP contribution in [-0.4, -0.2) is 136 Å². The number of aromatic nitrogens is 4. The first-order valence-corrected chi connectivity index (χ1v) is 55.4. The Labute approximate surface area is 815 Å². The van der Waals surface area contributed by atoms with E-state index in [0.717, 1.165) is 170 Å². The van der Waals surface area contributed by atoms with Crippen molar-refractivity contribution in [1.82, 2.24) is 37.9 Å². The number of rotatable bonds is 24. The molecule has 19 rings (SSSR count). The molecule has 8 heterocycles. The van der Waals surface area contributed by atoms with Crippen LogP contribution in [0.1, 0.15) is 203 Å². The summed E-state index contributed by atoms with van der Waals surface area (Å²) in [5, 5.41) is 4.34. The quantitative estimate of drug-likeness (QED) is 0.0409. The fourth-order valence-corrected chi connectivity index (χ4v) is 26.6. The van der Waals surface area contributed by atoms with Crippen molar-refractivity contribution < 1.29 is 65.2 Å². The van der Waals surface area contributed by atoms with Gasteiger partial charge in [0.05, 0.1) is 42.6 Å². The van der Waals surface area contributed by atoms with E-state index in [2.05, 4.69) is 86.9 Å². The molecule has 0 unspecified atom stereocenters. The van der Waals surface area contributed by atoms with Crippen molar-refractivity contribution in [3.63, 3.8) is 0 Å². The largest absolute Gasteiger partial charge is 0.375 e. The van der Waals surface area contributed by atoms with Crippen molar-refractivity contribution >= 4 is 100 Å². The molecule has 1 atom stereocenters. The summed E-state index contributed by atoms with van der Waals surface area (Å²) < 4.78 is 179. The van der Waals surface area contributed by atoms with Crippen LogP contribution in [-0.2, 0) is 100 Å². The zero-order valence-electron chi connectivity index (χ0n) is 80.7. The van der Waals surface area contributed by atoms with E-state index in [1.54, 1.807) is 6.07 Å². The van der Waals surface area contributed by atoms with Crippen LogP contribution in [0.4, 0.5) is 22.0 Å². The molecule has 139 heavy (non-hydrogen) atoms. The van der Waals surface area contributed by atoms with Gasteiger partial charge < -0.3 is 37.9 Å². The molecule has 6 aliphatic rings. The number of piperidine rings is 4. The molecule has 2 amide bonds. The number of hydrogen-bond donors (Lipinski definition) is 0. The minimum atomic E-state index is -3.60. The molecular formula is C112H127F5N8O10S4. The zero-order valence-corrected chi connectivity index (χ0v) is 84.0. The predicted molar refractivity (Wildman–Crippen MR) is 542 cm³/mol. The average molecular weight is 1970 g/mol. The molecule has 734 valence electrons. The Morgan fingerprint density at radius 3 is 0.950 bits per heavy atom. The van der Waals surface area contributed by atoms with Crippen LogP contribution in [0.25, 0.3) is 49.3 Å². The van der Waals surface area contributed by atoms with E-state index in [-0.39, 0.29) is 60.2 Å². The SMILES string of the molecule is C=C(C1CCCCC1)N1CCC(c2cn(C)c3ccc(CS(=O)(=O)c4ccc(F)cc4)cc23)CC1.C=C(c1c(C)cccc1F)N1CCC(c2cn(C)c3ccc(CS(=O)(=O)c4ccc(F)cc4)cc23)CC1.CC(C)[C@H](C)C(=O)N1CCC(c2cn(C)c3ccc(CS(=O)(=O)c4ccc(F)cc4)cc23)CC1.Cn1cc(C2CCN(C(=O)CC3CC3)CC2)c2cc(CS(=O)(=O)c3ccc(F)cc3)ccc21. The standard InChI is InChI=1S/C30H30F2N2O2S.C29H35FN2O2S.C27H33FN2O3S.C26H29FN2O3S/c1-20-5-4-6-28(32)30(20)21(2)34-15-13-23(14-16-34)27-18-33(3)29-12-7-22(17-26(27)29)19-37(35,36)25-10-8-24(31)9-11-25;1-21(23-6-4-3-5-7-23)32-16-14-24(15-17-32)28-19-31(2)29-13-8-22(18-27(28)29)20-35(33,34)26-11-9-25(30)10-12-26;1-18(2)19(3)27(31)30-13-11-21(12-14-30)25-16-29(4)26-10-5-20(15-24(25)26)17-34(32,33)23-8-6-22(28)7-9-23;1-28-16-24(20-10-12-29(13-11-20)26(30)15-18-2-3-18)23-14-19(4-9-25(23)28)17-33(31,32)22-7-5-21(27)6-8-22/h4-12,17-18,23H,2,13-16,19H2,1,3H3;8-13,18-19,23-24H,1,3-7,14-17,20H2,2H3;5-10,15-16,18-19,21H,11-14,17H2,1-4H3;4-9,14,16,18,20H,2-3,10-13,15,17H2,1H3/t;;19-;/m..0./s1. The number of hydrogen-bond acceptors (Lipinski definition) is 12. The van der Waals surface area contributed by atoms with E-state index < -0.39 is 62.6 Å². The minimum Gasteiger partial charge on any atom is -0.375 e. The summed E-state index contributed by atoms with van der Waals surface area (Å²) >= 11 is 0. The number of amides is 2. The third-order valence-electron chi connectivity index (χ3n) is 29.8. The van der Waals surface area contributed by atoms with Crippen molar-refractivity contribution in [2.75, 3.05) is 52.4 Å². The van der Waals surface area contributed by atoms with Crippen LogP contribution in [0.5, 0.6) is 0 Å². The van der Waals surface area contributed by atoms with E-state index in [1.165, 1.54) is 176 Å². The summed E-state index contributed by atoms with van der Waals surface area (Å²) in [6, 6.07) is 48.4. The summed E-state index contributed by atoms with van der Waals surface area (Å²) in [5.74, 6) is 1.02. The van der Waals surface area contributed by atoms with Gasteiger partial charge in [-0.15, -0.1) is 0 Å². The highest BCUT2D eigenvalue weighted by atomic mass is 32.2. The molecule has 6 fully saturated rings. The van der Waals surface area contributed by atoms with E-state index in [1.807, 2.05) is 124 Å². The van der Waals surface area contributed by atoms with Crippen molar-refractivity contribution in [3.8, 4) is 0 Å². The second kappa shape index (κ2) is 42.6. The van der Waals surface area contributed by atoms with Gasteiger partial charge in [0, 0.05) is 178 Å². The van der Waals surface area contributed by atoms with Crippen molar-refractivity contribution in [2.45, 2.75) is 197 Å². The number of halogens is 5. The first kappa shape index (κ1) is 101. The third-order valence-corrected chi connectivity index (χ3v) is 36.6. The van der Waals surface area contributed by atoms with E-state index in [4.69, 9.17) is 0 Å². The number of benzene rings is 9. The topological polar surface area (TPSA) is 203 Å². The minimum absolute atomic E-state index is 0.0275. The number of allylic oxidation sites excluding steroid dienone is 1. The molecule has 0 radical (unpaired) electrons. The van der Waals surface area contributed by atoms with Gasteiger partial charge in [0.2, 0.25) is 11.8 Å². The van der Waals surface area contributed by atoms with Crippen LogP contribution in [0, 0.1) is 59.7 Å². The van der Waals surface area contributed by atoms with E-state index in [9.17, 15) is 65.2 Å². The Bertz CT molecular complexity index is 7160. The highest BCUT2D eigenvalue weighted by Gasteiger charge is 2.36. The molecule has 2 saturated carbocycles. The van der Waals surface area contributed by atoms with Gasteiger partial charge in [0.1, 0.15) is 29.1 Å². The Hall–Kier alpha value is -11.4. The van der Waals surface area contributed by atoms with Crippen LogP contribution < -0.4 is 0 Å². The third kappa shape index (κ3) is 23.4. The Morgan fingerprint density at radius 1 is 0.360 bits per heavy atom. The average Bonchev–Trinajstić information content (AvgIpc) is 1.64. The molecule has 4 aliphatic heterocycles. The van der Waals surface area contributed by atoms with E-state index in [0.29, 0.717) is 70.4 Å². The molecular weight excluding hydrogens is 1840 g/mol. The summed E-state index contributed by atoms with van der Waals surface area (Å²) in [5.41, 5.74) is 15.7. The van der Waals surface area contributed by atoms with Crippen LogP contribution >= 0.6 is 0 Å². The van der Waals surface area contributed by atoms with Gasteiger partial charge in [-0.05, 0) is 327 Å². The highest BCUT2D eigenvalue weighted by molar-refractivity contribution is 7.91. The Kier molecular flexibility index (Phi) is 30.8. The van der Waals surface area contributed by atoms with Crippen molar-refractivity contribution in [3.05, 3.63) is 316 Å². The summed E-state index contributed by atoms with van der Waals surface area (Å²) in [7, 11) is -6.23. The number of carbonyl (C=O) groups is 2. The molecule has 27 heteroatoms. The number of sulfone groups is 4. The number of fused-ring (bicyclic) bond motifs is 4. The van der Waals surface area contributed by atoms with Crippen LogP contribution in [0.3, 0.4) is 0 Å². The lowest BCUT2D eigenvalue weighted by Gasteiger charge is -2.38. The van der Waals surface area contributed by atoms with Gasteiger partial charge >= 0.3 is 0 Å². The lowest BCUT2D eigenvalue weighted by atomic mass is 9.84. The van der Waals surface area contributed by atoms with E-state index >= 15 is 0 Å². The summed E-state index contributed by atoms with van der Waals surface area (Å²) in [6.45, 7) is 23.4.